The molecule has 2 aromatic carbocycles. The minimum atomic E-state index is -0.0674. The zero-order valence-corrected chi connectivity index (χ0v) is 11.8. The molecule has 0 fully saturated rings. The van der Waals surface area contributed by atoms with Gasteiger partial charge in [-0.05, 0) is 24.5 Å². The van der Waals surface area contributed by atoms with Crippen LogP contribution in [0.1, 0.15) is 22.3 Å². The lowest BCUT2D eigenvalue weighted by Crippen LogP contribution is -2.04. The number of ketones is 1. The highest BCUT2D eigenvalue weighted by Gasteiger charge is 2.04. The largest absolute Gasteiger partial charge is 0.402 e. The van der Waals surface area contributed by atoms with Crippen LogP contribution in [0.3, 0.4) is 0 Å². The van der Waals surface area contributed by atoms with Crippen molar-refractivity contribution in [3.8, 4) is 0 Å². The molecule has 0 radical (unpaired) electrons. The monoisotopic (exact) mass is 285 g/mol. The Morgan fingerprint density at radius 2 is 1.70 bits per heavy atom. The molecule has 2 rings (SSSR count). The first-order valence-electron chi connectivity index (χ1n) is 6.45. The molecule has 0 aromatic heterocycles. The summed E-state index contributed by atoms with van der Waals surface area (Å²) in [5.41, 5.74) is 8.16. The first kappa shape index (κ1) is 14.4. The molecule has 102 valence electrons. The maximum absolute atomic E-state index is 12.0. The summed E-state index contributed by atoms with van der Waals surface area (Å²) in [6, 6.07) is 16.8. The van der Waals surface area contributed by atoms with E-state index in [0.717, 1.165) is 17.0 Å². The Kier molecular flexibility index (Phi) is 4.97. The topological polar surface area (TPSA) is 43.1 Å². The van der Waals surface area contributed by atoms with Gasteiger partial charge in [0, 0.05) is 22.4 Å². The lowest BCUT2D eigenvalue weighted by molar-refractivity contribution is 0.104. The molecule has 2 aromatic rings. The molecule has 3 heteroatoms. The molecule has 0 amide bonds. The molecule has 0 bridgehead atoms. The third-order valence-corrected chi connectivity index (χ3v) is 3.38. The summed E-state index contributed by atoms with van der Waals surface area (Å²) < 4.78 is 0. The van der Waals surface area contributed by atoms with Crippen LogP contribution in [0.5, 0.6) is 0 Å². The summed E-state index contributed by atoms with van der Waals surface area (Å²) >= 11 is 6.08. The number of allylic oxidation sites excluding steroid dienone is 2. The molecular formula is C17H16ClNO. The lowest BCUT2D eigenvalue weighted by Gasteiger charge is -2.04. The van der Waals surface area contributed by atoms with Crippen LogP contribution in [-0.2, 0) is 6.42 Å². The number of benzene rings is 2. The fourth-order valence-electron chi connectivity index (χ4n) is 1.91. The Bertz CT molecular complexity index is 620. The number of hydrogen-bond donors (Lipinski definition) is 1. The second-order valence-electron chi connectivity index (χ2n) is 4.54. The van der Waals surface area contributed by atoms with Crippen LogP contribution in [0.4, 0.5) is 0 Å². The van der Waals surface area contributed by atoms with E-state index in [1.54, 1.807) is 12.1 Å². The fraction of sp³-hybridized carbons (Fsp3) is 0.118. The van der Waals surface area contributed by atoms with E-state index in [1.807, 2.05) is 42.5 Å². The van der Waals surface area contributed by atoms with Crippen molar-refractivity contribution in [1.82, 2.24) is 0 Å². The van der Waals surface area contributed by atoms with Gasteiger partial charge >= 0.3 is 0 Å². The van der Waals surface area contributed by atoms with Crippen molar-refractivity contribution >= 4 is 17.4 Å². The van der Waals surface area contributed by atoms with E-state index in [9.17, 15) is 4.79 Å². The second kappa shape index (κ2) is 6.92. The van der Waals surface area contributed by atoms with E-state index >= 15 is 0 Å². The third-order valence-electron chi connectivity index (χ3n) is 3.02. The Morgan fingerprint density at radius 1 is 1.05 bits per heavy atom. The molecule has 0 aliphatic carbocycles. The van der Waals surface area contributed by atoms with Crippen molar-refractivity contribution in [2.75, 3.05) is 0 Å². The number of hydrogen-bond acceptors (Lipinski definition) is 2. The average molecular weight is 286 g/mol. The van der Waals surface area contributed by atoms with Gasteiger partial charge < -0.3 is 5.73 Å². The SMILES string of the molecule is N/C(=C\C(=O)c1ccccc1)CCc1ccccc1Cl. The van der Waals surface area contributed by atoms with Crippen LogP contribution in [-0.4, -0.2) is 5.78 Å². The zero-order valence-electron chi connectivity index (χ0n) is 11.1. The predicted octanol–water partition coefficient (Wildman–Crippen LogP) is 4.00. The van der Waals surface area contributed by atoms with E-state index < -0.39 is 0 Å². The standard InChI is InChI=1S/C17H16ClNO/c18-16-9-5-4-6-13(16)10-11-15(19)12-17(20)14-7-2-1-3-8-14/h1-9,12H,10-11,19H2/b15-12-. The van der Waals surface area contributed by atoms with Gasteiger partial charge in [-0.15, -0.1) is 0 Å². The van der Waals surface area contributed by atoms with Crippen molar-refractivity contribution in [3.05, 3.63) is 82.5 Å². The molecule has 20 heavy (non-hydrogen) atoms. The molecule has 2 nitrogen and oxygen atoms in total. The quantitative estimate of drug-likeness (QED) is 0.666. The summed E-state index contributed by atoms with van der Waals surface area (Å²) in [4.78, 5) is 12.0. The smallest absolute Gasteiger partial charge is 0.187 e. The minimum Gasteiger partial charge on any atom is -0.402 e. The van der Waals surface area contributed by atoms with Gasteiger partial charge in [-0.2, -0.15) is 0 Å². The van der Waals surface area contributed by atoms with Crippen LogP contribution in [0.25, 0.3) is 0 Å². The molecule has 0 unspecified atom stereocenters. The molecule has 2 N–H and O–H groups in total. The highest BCUT2D eigenvalue weighted by Crippen LogP contribution is 2.17. The first-order chi connectivity index (χ1) is 9.66. The summed E-state index contributed by atoms with van der Waals surface area (Å²) in [5.74, 6) is -0.0674. The Hall–Kier alpha value is -2.06. The fourth-order valence-corrected chi connectivity index (χ4v) is 2.14. The van der Waals surface area contributed by atoms with Gasteiger partial charge in [0.15, 0.2) is 5.78 Å². The van der Waals surface area contributed by atoms with Crippen LogP contribution in [0.2, 0.25) is 5.02 Å². The average Bonchev–Trinajstić information content (AvgIpc) is 2.47. The van der Waals surface area contributed by atoms with Gasteiger partial charge in [0.1, 0.15) is 0 Å². The van der Waals surface area contributed by atoms with Gasteiger partial charge in [0.25, 0.3) is 0 Å². The van der Waals surface area contributed by atoms with E-state index in [1.165, 1.54) is 6.08 Å². The Balaban J connectivity index is 1.98. The van der Waals surface area contributed by atoms with Gasteiger partial charge in [-0.25, -0.2) is 0 Å². The van der Waals surface area contributed by atoms with Crippen LogP contribution < -0.4 is 5.73 Å². The minimum absolute atomic E-state index is 0.0674. The number of aryl methyl sites for hydroxylation is 1. The first-order valence-corrected chi connectivity index (χ1v) is 6.83. The van der Waals surface area contributed by atoms with Gasteiger partial charge in [0.2, 0.25) is 0 Å². The zero-order chi connectivity index (χ0) is 14.4. The van der Waals surface area contributed by atoms with Crippen molar-refractivity contribution in [3.63, 3.8) is 0 Å². The number of rotatable bonds is 5. The van der Waals surface area contributed by atoms with Crippen molar-refractivity contribution < 1.29 is 4.79 Å². The molecular weight excluding hydrogens is 270 g/mol. The maximum Gasteiger partial charge on any atom is 0.187 e. The maximum atomic E-state index is 12.0. The van der Waals surface area contributed by atoms with E-state index in [0.29, 0.717) is 17.7 Å². The summed E-state index contributed by atoms with van der Waals surface area (Å²) in [6.07, 6.45) is 2.83. The van der Waals surface area contributed by atoms with E-state index in [-0.39, 0.29) is 5.78 Å². The van der Waals surface area contributed by atoms with Crippen LogP contribution in [0.15, 0.2) is 66.4 Å². The third kappa shape index (κ3) is 3.97. The van der Waals surface area contributed by atoms with Gasteiger partial charge in [-0.3, -0.25) is 4.79 Å². The Labute approximate surface area is 123 Å². The Morgan fingerprint density at radius 3 is 2.40 bits per heavy atom. The summed E-state index contributed by atoms with van der Waals surface area (Å²) in [6.45, 7) is 0. The number of nitrogens with two attached hydrogens (primary N) is 1. The molecule has 0 saturated heterocycles. The van der Waals surface area contributed by atoms with Crippen molar-refractivity contribution in [1.29, 1.82) is 0 Å². The number of halogens is 1. The lowest BCUT2D eigenvalue weighted by atomic mass is 10.1. The highest BCUT2D eigenvalue weighted by atomic mass is 35.5. The van der Waals surface area contributed by atoms with E-state index in [4.69, 9.17) is 17.3 Å². The van der Waals surface area contributed by atoms with Crippen LogP contribution >= 0.6 is 11.6 Å². The molecule has 0 aliphatic heterocycles. The molecule has 0 atom stereocenters. The van der Waals surface area contributed by atoms with Gasteiger partial charge in [0.05, 0.1) is 0 Å². The van der Waals surface area contributed by atoms with Crippen LogP contribution in [0, 0.1) is 0 Å². The normalized spacial score (nSPS) is 11.3. The number of carbonyl (C=O) groups is 1. The molecule has 0 saturated carbocycles. The van der Waals surface area contributed by atoms with Gasteiger partial charge in [-0.1, -0.05) is 60.1 Å². The van der Waals surface area contributed by atoms with E-state index in [2.05, 4.69) is 0 Å². The van der Waals surface area contributed by atoms with Crippen molar-refractivity contribution in [2.45, 2.75) is 12.8 Å². The summed E-state index contributed by atoms with van der Waals surface area (Å²) in [5, 5.41) is 0.731. The summed E-state index contributed by atoms with van der Waals surface area (Å²) in [7, 11) is 0. The molecule has 0 aliphatic rings. The number of carbonyl (C=O) groups excluding carboxylic acids is 1. The highest BCUT2D eigenvalue weighted by molar-refractivity contribution is 6.31. The molecule has 0 heterocycles. The van der Waals surface area contributed by atoms with Crippen molar-refractivity contribution in [2.24, 2.45) is 5.73 Å². The predicted molar refractivity (Wildman–Crippen MR) is 82.8 cm³/mol. The second-order valence-corrected chi connectivity index (χ2v) is 4.95. The molecule has 0 spiro atoms.